The lowest BCUT2D eigenvalue weighted by Gasteiger charge is -2.08. The van der Waals surface area contributed by atoms with Gasteiger partial charge in [-0.25, -0.2) is 8.78 Å². The fourth-order valence-corrected chi connectivity index (χ4v) is 1.19. The van der Waals surface area contributed by atoms with Crippen LogP contribution in [-0.4, -0.2) is 22.1 Å². The highest BCUT2D eigenvalue weighted by molar-refractivity contribution is 5.43. The summed E-state index contributed by atoms with van der Waals surface area (Å²) >= 11 is 0. The van der Waals surface area contributed by atoms with Crippen LogP contribution in [0.2, 0.25) is 0 Å². The van der Waals surface area contributed by atoms with E-state index in [4.69, 9.17) is 5.11 Å². The maximum atomic E-state index is 12.6. The standard InChI is InChI=1S/C8H8F2N2O4/c1-16-7-4(8(9)10)2-6(12(14)15)11-5(7)3-13/h2,8,13H,3H2,1H3. The molecule has 1 rings (SSSR count). The highest BCUT2D eigenvalue weighted by Crippen LogP contribution is 2.33. The molecule has 1 aromatic rings. The van der Waals surface area contributed by atoms with Crippen molar-refractivity contribution in [3.8, 4) is 5.75 Å². The van der Waals surface area contributed by atoms with Crippen molar-refractivity contribution in [2.45, 2.75) is 13.0 Å². The zero-order valence-electron chi connectivity index (χ0n) is 8.18. The van der Waals surface area contributed by atoms with E-state index >= 15 is 0 Å². The maximum Gasteiger partial charge on any atom is 0.364 e. The molecule has 0 amide bonds. The molecule has 0 fully saturated rings. The molecule has 1 aromatic heterocycles. The Morgan fingerprint density at radius 3 is 2.69 bits per heavy atom. The van der Waals surface area contributed by atoms with E-state index in [1.807, 2.05) is 0 Å². The normalized spacial score (nSPS) is 10.6. The number of nitro groups is 1. The number of aliphatic hydroxyl groups is 1. The summed E-state index contributed by atoms with van der Waals surface area (Å²) in [6.45, 7) is -0.718. The molecule has 0 saturated heterocycles. The first-order valence-corrected chi connectivity index (χ1v) is 4.12. The van der Waals surface area contributed by atoms with Crippen LogP contribution in [0.4, 0.5) is 14.6 Å². The highest BCUT2D eigenvalue weighted by Gasteiger charge is 2.25. The number of halogens is 2. The number of hydrogen-bond donors (Lipinski definition) is 1. The third kappa shape index (κ3) is 2.22. The van der Waals surface area contributed by atoms with E-state index in [9.17, 15) is 18.9 Å². The first-order chi connectivity index (χ1) is 7.51. The van der Waals surface area contributed by atoms with Gasteiger partial charge in [0, 0.05) is 6.07 Å². The average Bonchev–Trinajstić information content (AvgIpc) is 2.26. The van der Waals surface area contributed by atoms with Gasteiger partial charge in [-0.1, -0.05) is 0 Å². The number of methoxy groups -OCH3 is 1. The van der Waals surface area contributed by atoms with E-state index in [1.165, 1.54) is 0 Å². The van der Waals surface area contributed by atoms with Crippen LogP contribution in [-0.2, 0) is 6.61 Å². The number of hydrogen-bond acceptors (Lipinski definition) is 5. The molecule has 88 valence electrons. The zero-order valence-corrected chi connectivity index (χ0v) is 8.18. The number of alkyl halides is 2. The van der Waals surface area contributed by atoms with E-state index in [0.29, 0.717) is 6.07 Å². The van der Waals surface area contributed by atoms with Crippen LogP contribution in [0, 0.1) is 10.1 Å². The summed E-state index contributed by atoms with van der Waals surface area (Å²) in [5.41, 5.74) is -0.944. The number of rotatable bonds is 4. The average molecular weight is 234 g/mol. The Balaban J connectivity index is 3.43. The van der Waals surface area contributed by atoms with Crippen LogP contribution >= 0.6 is 0 Å². The minimum atomic E-state index is -2.94. The highest BCUT2D eigenvalue weighted by atomic mass is 19.3. The molecule has 1 N–H and O–H groups in total. The van der Waals surface area contributed by atoms with Crippen LogP contribution in [0.1, 0.15) is 17.7 Å². The van der Waals surface area contributed by atoms with Crippen molar-refractivity contribution in [3.63, 3.8) is 0 Å². The molecule has 0 aliphatic rings. The largest absolute Gasteiger partial charge is 0.492 e. The second-order valence-electron chi connectivity index (χ2n) is 2.77. The summed E-state index contributed by atoms with van der Waals surface area (Å²) in [7, 11) is 1.12. The molecule has 16 heavy (non-hydrogen) atoms. The van der Waals surface area contributed by atoms with Crippen LogP contribution < -0.4 is 4.74 Å². The van der Waals surface area contributed by atoms with Crippen molar-refractivity contribution in [2.24, 2.45) is 0 Å². The van der Waals surface area contributed by atoms with E-state index in [-0.39, 0.29) is 11.4 Å². The molecule has 8 heteroatoms. The smallest absolute Gasteiger partial charge is 0.364 e. The molecule has 0 aromatic carbocycles. The van der Waals surface area contributed by atoms with E-state index < -0.39 is 29.3 Å². The van der Waals surface area contributed by atoms with Gasteiger partial charge in [-0.05, 0) is 9.91 Å². The lowest BCUT2D eigenvalue weighted by molar-refractivity contribution is -0.389. The fourth-order valence-electron chi connectivity index (χ4n) is 1.19. The van der Waals surface area contributed by atoms with Gasteiger partial charge in [0.25, 0.3) is 6.43 Å². The fraction of sp³-hybridized carbons (Fsp3) is 0.375. The second kappa shape index (κ2) is 4.79. The maximum absolute atomic E-state index is 12.6. The zero-order chi connectivity index (χ0) is 12.3. The van der Waals surface area contributed by atoms with Gasteiger partial charge in [0.2, 0.25) is 5.69 Å². The minimum absolute atomic E-state index is 0.285. The van der Waals surface area contributed by atoms with Crippen molar-refractivity contribution in [1.82, 2.24) is 4.98 Å². The molecule has 1 heterocycles. The number of nitrogens with zero attached hydrogens (tertiary/aromatic N) is 2. The van der Waals surface area contributed by atoms with Crippen LogP contribution in [0.3, 0.4) is 0 Å². The molecule has 6 nitrogen and oxygen atoms in total. The lowest BCUT2D eigenvalue weighted by Crippen LogP contribution is -2.04. The van der Waals surface area contributed by atoms with Crippen molar-refractivity contribution in [3.05, 3.63) is 27.4 Å². The van der Waals surface area contributed by atoms with E-state index in [2.05, 4.69) is 9.72 Å². The Kier molecular flexibility index (Phi) is 3.67. The number of pyridine rings is 1. The van der Waals surface area contributed by atoms with Crippen LogP contribution in [0.25, 0.3) is 0 Å². The Hall–Kier alpha value is -1.83. The summed E-state index contributed by atoms with van der Waals surface area (Å²) < 4.78 is 29.8. The monoisotopic (exact) mass is 234 g/mol. The Bertz CT molecular complexity index is 411. The first kappa shape index (κ1) is 12.2. The summed E-state index contributed by atoms with van der Waals surface area (Å²) in [5, 5.41) is 19.3. The second-order valence-corrected chi connectivity index (χ2v) is 2.77. The summed E-state index contributed by atoms with van der Waals surface area (Å²) in [6.07, 6.45) is -2.94. The minimum Gasteiger partial charge on any atom is -0.492 e. The molecule has 0 spiro atoms. The predicted molar refractivity (Wildman–Crippen MR) is 48.3 cm³/mol. The third-order valence-corrected chi connectivity index (χ3v) is 1.83. The molecule has 0 atom stereocenters. The Labute approximate surface area is 88.6 Å². The first-order valence-electron chi connectivity index (χ1n) is 4.12. The number of aromatic nitrogens is 1. The molecule has 0 unspecified atom stereocenters. The van der Waals surface area contributed by atoms with Gasteiger partial charge in [0.1, 0.15) is 6.61 Å². The topological polar surface area (TPSA) is 85.5 Å². The molecule has 0 saturated carbocycles. The van der Waals surface area contributed by atoms with Crippen LogP contribution in [0.15, 0.2) is 6.07 Å². The molecule has 0 aliphatic carbocycles. The number of ether oxygens (including phenoxy) is 1. The van der Waals surface area contributed by atoms with Crippen molar-refractivity contribution in [2.75, 3.05) is 7.11 Å². The SMILES string of the molecule is COc1c(C(F)F)cc([N+](=O)[O-])nc1CO. The van der Waals surface area contributed by atoms with Gasteiger partial charge < -0.3 is 20.0 Å². The third-order valence-electron chi connectivity index (χ3n) is 1.83. The van der Waals surface area contributed by atoms with Gasteiger partial charge in [-0.3, -0.25) is 0 Å². The van der Waals surface area contributed by atoms with Crippen molar-refractivity contribution >= 4 is 5.82 Å². The Morgan fingerprint density at radius 2 is 2.31 bits per heavy atom. The van der Waals surface area contributed by atoms with Crippen LogP contribution in [0.5, 0.6) is 5.75 Å². The lowest BCUT2D eigenvalue weighted by atomic mass is 10.2. The quantitative estimate of drug-likeness (QED) is 0.629. The molecule has 0 aliphatic heterocycles. The Morgan fingerprint density at radius 1 is 1.69 bits per heavy atom. The summed E-state index contributed by atoms with van der Waals surface area (Å²) in [5.74, 6) is -1.08. The van der Waals surface area contributed by atoms with Gasteiger partial charge in [-0.2, -0.15) is 0 Å². The van der Waals surface area contributed by atoms with Crippen molar-refractivity contribution in [1.29, 1.82) is 0 Å². The van der Waals surface area contributed by atoms with Crippen molar-refractivity contribution < 1.29 is 23.5 Å². The summed E-state index contributed by atoms with van der Waals surface area (Å²) in [4.78, 5) is 12.9. The molecular formula is C8H8F2N2O4. The number of aliphatic hydroxyl groups excluding tert-OH is 1. The van der Waals surface area contributed by atoms with E-state index in [0.717, 1.165) is 7.11 Å². The van der Waals surface area contributed by atoms with Gasteiger partial charge >= 0.3 is 5.82 Å². The predicted octanol–water partition coefficient (Wildman–Crippen LogP) is 1.43. The molecule has 0 bridgehead atoms. The summed E-state index contributed by atoms with van der Waals surface area (Å²) in [6, 6.07) is 0.628. The van der Waals surface area contributed by atoms with E-state index in [1.54, 1.807) is 0 Å². The molecular weight excluding hydrogens is 226 g/mol. The van der Waals surface area contributed by atoms with Gasteiger partial charge in [0.15, 0.2) is 5.75 Å². The molecule has 0 radical (unpaired) electrons. The van der Waals surface area contributed by atoms with Gasteiger partial charge in [-0.15, -0.1) is 0 Å². The van der Waals surface area contributed by atoms with Gasteiger partial charge in [0.05, 0.1) is 12.7 Å².